The van der Waals surface area contributed by atoms with Crippen molar-refractivity contribution in [3.8, 4) is 5.75 Å². The van der Waals surface area contributed by atoms with E-state index in [9.17, 15) is 4.79 Å². The van der Waals surface area contributed by atoms with Crippen LogP contribution in [0.2, 0.25) is 0 Å². The lowest BCUT2D eigenvalue weighted by molar-refractivity contribution is 0.124. The molecule has 0 aliphatic carbocycles. The van der Waals surface area contributed by atoms with Gasteiger partial charge in [-0.05, 0) is 18.6 Å². The molecule has 1 amide bonds. The first-order chi connectivity index (χ1) is 10.6. The van der Waals surface area contributed by atoms with Crippen LogP contribution in [-0.4, -0.2) is 53.4 Å². The molecule has 7 nitrogen and oxygen atoms in total. The van der Waals surface area contributed by atoms with Gasteiger partial charge in [-0.15, -0.1) is 0 Å². The molecule has 0 radical (unpaired) electrons. The van der Waals surface area contributed by atoms with Crippen LogP contribution >= 0.6 is 0 Å². The first-order valence-electron chi connectivity index (χ1n) is 7.33. The summed E-state index contributed by atoms with van der Waals surface area (Å²) in [6.45, 7) is 4.05. The Labute approximate surface area is 127 Å². The molecule has 1 atom stereocenters. The fourth-order valence-electron chi connectivity index (χ4n) is 2.62. The van der Waals surface area contributed by atoms with Crippen molar-refractivity contribution >= 4 is 17.2 Å². The molecule has 0 bridgehead atoms. The largest absolute Gasteiger partial charge is 0.493 e. The van der Waals surface area contributed by atoms with E-state index in [0.29, 0.717) is 32.1 Å². The highest BCUT2D eigenvalue weighted by Gasteiger charge is 2.22. The summed E-state index contributed by atoms with van der Waals surface area (Å²) in [5.74, 6) is 1.37. The van der Waals surface area contributed by atoms with E-state index in [2.05, 4.69) is 10.3 Å². The first kappa shape index (κ1) is 14.6. The Kier molecular flexibility index (Phi) is 4.15. The fraction of sp³-hybridized carbons (Fsp3) is 0.467. The van der Waals surface area contributed by atoms with Crippen LogP contribution in [0.4, 0.5) is 4.79 Å². The fourth-order valence-corrected chi connectivity index (χ4v) is 2.62. The van der Waals surface area contributed by atoms with Crippen molar-refractivity contribution in [1.29, 1.82) is 0 Å². The number of carboxylic acid groups (broad SMARTS) is 1. The lowest BCUT2D eigenvalue weighted by atomic mass is 10.1. The molecule has 1 aliphatic heterocycles. The maximum atomic E-state index is 11.0. The molecule has 3 rings (SSSR count). The number of oxazole rings is 1. The second-order valence-electron chi connectivity index (χ2n) is 5.38. The van der Waals surface area contributed by atoms with Crippen LogP contribution < -0.4 is 10.1 Å². The van der Waals surface area contributed by atoms with Crippen molar-refractivity contribution in [2.45, 2.75) is 19.4 Å². The van der Waals surface area contributed by atoms with Crippen LogP contribution in [0.25, 0.3) is 11.1 Å². The Morgan fingerprint density at radius 2 is 2.45 bits per heavy atom. The van der Waals surface area contributed by atoms with E-state index < -0.39 is 6.09 Å². The molecule has 2 aromatic rings. The maximum absolute atomic E-state index is 11.0. The number of hydrogen-bond donors (Lipinski definition) is 2. The van der Waals surface area contributed by atoms with Crippen molar-refractivity contribution < 1.29 is 19.1 Å². The lowest BCUT2D eigenvalue weighted by Gasteiger charge is -2.31. The predicted octanol–water partition coefficient (Wildman–Crippen LogP) is 1.86. The van der Waals surface area contributed by atoms with Crippen molar-refractivity contribution in [3.63, 3.8) is 0 Å². The normalized spacial score (nSPS) is 18.6. The Balaban J connectivity index is 1.52. The molecule has 1 aromatic heterocycles. The molecule has 2 heterocycles. The van der Waals surface area contributed by atoms with E-state index in [-0.39, 0.29) is 6.04 Å². The van der Waals surface area contributed by atoms with Gasteiger partial charge in [-0.2, -0.15) is 0 Å². The molecular formula is C15H19N3O4. The van der Waals surface area contributed by atoms with Crippen LogP contribution in [0.1, 0.15) is 12.3 Å². The number of fused-ring (bicyclic) bond motifs is 1. The van der Waals surface area contributed by atoms with Gasteiger partial charge in [0.1, 0.15) is 11.3 Å². The molecule has 1 fully saturated rings. The van der Waals surface area contributed by atoms with Crippen LogP contribution in [0.5, 0.6) is 5.75 Å². The second-order valence-corrected chi connectivity index (χ2v) is 5.38. The topological polar surface area (TPSA) is 87.8 Å². The Morgan fingerprint density at radius 1 is 1.59 bits per heavy atom. The number of carbonyl (C=O) groups is 1. The zero-order valence-electron chi connectivity index (χ0n) is 12.4. The molecule has 1 saturated heterocycles. The molecule has 22 heavy (non-hydrogen) atoms. The minimum absolute atomic E-state index is 0.128. The number of nitrogens with zero attached hydrogens (tertiary/aromatic N) is 2. The number of rotatable bonds is 4. The highest BCUT2D eigenvalue weighted by Crippen LogP contribution is 2.21. The molecule has 0 spiro atoms. The number of aromatic nitrogens is 1. The second kappa shape index (κ2) is 6.23. The average molecular weight is 305 g/mol. The SMILES string of the molecule is Cc1nc2cc(OCC[C@@H]3CN(C(=O)O)CCN3)ccc2o1. The van der Waals surface area contributed by atoms with Crippen LogP contribution in [0.3, 0.4) is 0 Å². The van der Waals surface area contributed by atoms with Crippen molar-refractivity contribution in [3.05, 3.63) is 24.1 Å². The van der Waals surface area contributed by atoms with Crippen molar-refractivity contribution in [2.75, 3.05) is 26.2 Å². The molecule has 1 aromatic carbocycles. The van der Waals surface area contributed by atoms with E-state index in [1.165, 1.54) is 4.90 Å². The summed E-state index contributed by atoms with van der Waals surface area (Å²) in [6, 6.07) is 5.67. The van der Waals surface area contributed by atoms with Gasteiger partial charge in [-0.3, -0.25) is 0 Å². The van der Waals surface area contributed by atoms with Gasteiger partial charge in [0.25, 0.3) is 0 Å². The van der Waals surface area contributed by atoms with Crippen LogP contribution in [-0.2, 0) is 0 Å². The summed E-state index contributed by atoms with van der Waals surface area (Å²) in [7, 11) is 0. The number of ether oxygens (including phenoxy) is 1. The minimum atomic E-state index is -0.862. The van der Waals surface area contributed by atoms with Gasteiger partial charge in [0.2, 0.25) is 0 Å². The Bertz CT molecular complexity index is 670. The monoisotopic (exact) mass is 305 g/mol. The van der Waals surface area contributed by atoms with Crippen LogP contribution in [0.15, 0.2) is 22.6 Å². The summed E-state index contributed by atoms with van der Waals surface area (Å²) in [5.41, 5.74) is 1.53. The molecular weight excluding hydrogens is 286 g/mol. The quantitative estimate of drug-likeness (QED) is 0.896. The lowest BCUT2D eigenvalue weighted by Crippen LogP contribution is -2.52. The summed E-state index contributed by atoms with van der Waals surface area (Å²) in [6.07, 6.45) is -0.112. The maximum Gasteiger partial charge on any atom is 0.407 e. The van der Waals surface area contributed by atoms with E-state index in [4.69, 9.17) is 14.3 Å². The number of aryl methyl sites for hydroxylation is 1. The zero-order valence-corrected chi connectivity index (χ0v) is 12.4. The van der Waals surface area contributed by atoms with Crippen molar-refractivity contribution in [2.24, 2.45) is 0 Å². The molecule has 118 valence electrons. The van der Waals surface area contributed by atoms with Crippen molar-refractivity contribution in [1.82, 2.24) is 15.2 Å². The van der Waals surface area contributed by atoms with Gasteiger partial charge in [0.15, 0.2) is 11.5 Å². The zero-order chi connectivity index (χ0) is 15.5. The van der Waals surface area contributed by atoms with Gasteiger partial charge < -0.3 is 24.5 Å². The van der Waals surface area contributed by atoms with Gasteiger partial charge in [-0.25, -0.2) is 9.78 Å². The third-order valence-corrected chi connectivity index (χ3v) is 3.73. The highest BCUT2D eigenvalue weighted by atomic mass is 16.5. The van der Waals surface area contributed by atoms with Gasteiger partial charge >= 0.3 is 6.09 Å². The van der Waals surface area contributed by atoms with Gasteiger partial charge in [-0.1, -0.05) is 0 Å². The first-order valence-corrected chi connectivity index (χ1v) is 7.33. The standard InChI is InChI=1S/C15H19N3O4/c1-10-17-13-8-12(2-3-14(13)22-10)21-7-4-11-9-18(15(19)20)6-5-16-11/h2-3,8,11,16H,4-7,9H2,1H3,(H,19,20)/t11-/m1/s1. The van der Waals surface area contributed by atoms with E-state index in [0.717, 1.165) is 23.3 Å². The highest BCUT2D eigenvalue weighted by molar-refractivity contribution is 5.74. The number of nitrogens with one attached hydrogen (secondary N) is 1. The summed E-state index contributed by atoms with van der Waals surface area (Å²) < 4.78 is 11.2. The number of piperazine rings is 1. The van der Waals surface area contributed by atoms with Crippen LogP contribution in [0, 0.1) is 6.92 Å². The van der Waals surface area contributed by atoms with E-state index in [1.54, 1.807) is 0 Å². The third kappa shape index (κ3) is 3.30. The number of benzene rings is 1. The summed E-state index contributed by atoms with van der Waals surface area (Å²) >= 11 is 0. The summed E-state index contributed by atoms with van der Waals surface area (Å²) in [5, 5.41) is 12.3. The third-order valence-electron chi connectivity index (χ3n) is 3.73. The predicted molar refractivity (Wildman–Crippen MR) is 80.2 cm³/mol. The van der Waals surface area contributed by atoms with Gasteiger partial charge in [0, 0.05) is 38.7 Å². The smallest absolute Gasteiger partial charge is 0.407 e. The molecule has 0 saturated carbocycles. The summed E-state index contributed by atoms with van der Waals surface area (Å²) in [4.78, 5) is 16.7. The van der Waals surface area contributed by atoms with E-state index >= 15 is 0 Å². The van der Waals surface area contributed by atoms with Gasteiger partial charge in [0.05, 0.1) is 6.61 Å². The number of hydrogen-bond acceptors (Lipinski definition) is 5. The molecule has 7 heteroatoms. The number of amides is 1. The minimum Gasteiger partial charge on any atom is -0.493 e. The molecule has 0 unspecified atom stereocenters. The Morgan fingerprint density at radius 3 is 3.27 bits per heavy atom. The average Bonchev–Trinajstić information content (AvgIpc) is 2.87. The van der Waals surface area contributed by atoms with E-state index in [1.807, 2.05) is 25.1 Å². The molecule has 2 N–H and O–H groups in total. The molecule has 1 aliphatic rings. The Hall–Kier alpha value is -2.28.